The summed E-state index contributed by atoms with van der Waals surface area (Å²) in [4.78, 5) is 2.30. The Labute approximate surface area is 102 Å². The maximum absolute atomic E-state index is 13.8. The fourth-order valence-corrected chi connectivity index (χ4v) is 2.34. The van der Waals surface area contributed by atoms with Crippen LogP contribution < -0.4 is 0 Å². The molecule has 1 aromatic carbocycles. The number of likely N-dealkylation sites (tertiary alicyclic amines) is 1. The Morgan fingerprint density at radius 2 is 2.00 bits per heavy atom. The molecule has 1 saturated heterocycles. The predicted molar refractivity (Wildman–Crippen MR) is 66.3 cm³/mol. The normalized spacial score (nSPS) is 16.6. The fraction of sp³-hybridized carbons (Fsp3) is 0.571. The third-order valence-corrected chi connectivity index (χ3v) is 3.33. The first-order chi connectivity index (χ1) is 8.29. The van der Waals surface area contributed by atoms with Gasteiger partial charge in [-0.05, 0) is 50.4 Å². The molecule has 0 amide bonds. The maximum Gasteiger partial charge on any atom is 0.127 e. The van der Waals surface area contributed by atoms with E-state index in [0.717, 1.165) is 37.2 Å². The summed E-state index contributed by atoms with van der Waals surface area (Å²) in [6.07, 6.45) is 3.91. The Morgan fingerprint density at radius 1 is 1.24 bits per heavy atom. The molecule has 0 radical (unpaired) electrons. The molecule has 1 heterocycles. The van der Waals surface area contributed by atoms with Crippen LogP contribution in [0.1, 0.15) is 30.4 Å². The topological polar surface area (TPSA) is 23.5 Å². The lowest BCUT2D eigenvalue weighted by atomic mass is 10.1. The van der Waals surface area contributed by atoms with Gasteiger partial charge in [-0.2, -0.15) is 0 Å². The van der Waals surface area contributed by atoms with Crippen molar-refractivity contribution < 1.29 is 9.50 Å². The number of rotatable bonds is 5. The zero-order chi connectivity index (χ0) is 12.1. The van der Waals surface area contributed by atoms with Gasteiger partial charge < -0.3 is 5.11 Å². The lowest BCUT2D eigenvalue weighted by molar-refractivity contribution is 0.288. The third kappa shape index (κ3) is 3.51. The molecular weight excluding hydrogens is 217 g/mol. The molecule has 0 atom stereocenters. The number of aliphatic hydroxyl groups excluding tert-OH is 1. The third-order valence-electron chi connectivity index (χ3n) is 3.33. The monoisotopic (exact) mass is 237 g/mol. The van der Waals surface area contributed by atoms with Crippen LogP contribution in [0.2, 0.25) is 0 Å². The minimum absolute atomic E-state index is 0.104. The highest BCUT2D eigenvalue weighted by Gasteiger charge is 2.13. The van der Waals surface area contributed by atoms with E-state index in [2.05, 4.69) is 4.90 Å². The Bertz CT molecular complexity index is 361. The van der Waals surface area contributed by atoms with Gasteiger partial charge in [-0.1, -0.05) is 12.1 Å². The Morgan fingerprint density at radius 3 is 2.65 bits per heavy atom. The molecule has 1 N–H and O–H groups in total. The first-order valence-corrected chi connectivity index (χ1v) is 6.40. The SMILES string of the molecule is OCCCc1ccc(CN2CCCC2)c(F)c1. The van der Waals surface area contributed by atoms with Crippen LogP contribution >= 0.6 is 0 Å². The second-order valence-corrected chi connectivity index (χ2v) is 4.74. The molecule has 0 unspecified atom stereocenters. The highest BCUT2D eigenvalue weighted by Crippen LogP contribution is 2.17. The van der Waals surface area contributed by atoms with E-state index >= 15 is 0 Å². The number of aliphatic hydroxyl groups is 1. The number of benzene rings is 1. The van der Waals surface area contributed by atoms with Crippen molar-refractivity contribution in [3.8, 4) is 0 Å². The average molecular weight is 237 g/mol. The van der Waals surface area contributed by atoms with Crippen LogP contribution in [0, 0.1) is 5.82 Å². The van der Waals surface area contributed by atoms with E-state index in [0.29, 0.717) is 6.42 Å². The Hall–Kier alpha value is -0.930. The second-order valence-electron chi connectivity index (χ2n) is 4.74. The van der Waals surface area contributed by atoms with Crippen LogP contribution in [0.5, 0.6) is 0 Å². The summed E-state index contributed by atoms with van der Waals surface area (Å²) in [5, 5.41) is 8.74. The summed E-state index contributed by atoms with van der Waals surface area (Å²) >= 11 is 0. The average Bonchev–Trinajstić information content (AvgIpc) is 2.82. The van der Waals surface area contributed by atoms with Gasteiger partial charge in [0, 0.05) is 18.7 Å². The van der Waals surface area contributed by atoms with Crippen molar-refractivity contribution in [1.29, 1.82) is 0 Å². The molecule has 1 aliphatic rings. The van der Waals surface area contributed by atoms with Crippen LogP contribution in [0.15, 0.2) is 18.2 Å². The van der Waals surface area contributed by atoms with E-state index in [1.165, 1.54) is 12.8 Å². The number of aryl methyl sites for hydroxylation is 1. The van der Waals surface area contributed by atoms with Gasteiger partial charge in [0.15, 0.2) is 0 Å². The first-order valence-electron chi connectivity index (χ1n) is 6.40. The van der Waals surface area contributed by atoms with Crippen LogP contribution in [-0.4, -0.2) is 29.7 Å². The predicted octanol–water partition coefficient (Wildman–Crippen LogP) is 2.35. The van der Waals surface area contributed by atoms with Crippen LogP contribution in [0.4, 0.5) is 4.39 Å². The Balaban J connectivity index is 1.98. The van der Waals surface area contributed by atoms with Crippen molar-refractivity contribution in [3.05, 3.63) is 35.1 Å². The van der Waals surface area contributed by atoms with E-state index in [-0.39, 0.29) is 12.4 Å². The molecule has 0 aromatic heterocycles. The van der Waals surface area contributed by atoms with E-state index in [4.69, 9.17) is 5.11 Å². The highest BCUT2D eigenvalue weighted by molar-refractivity contribution is 5.24. The van der Waals surface area contributed by atoms with Crippen molar-refractivity contribution >= 4 is 0 Å². The van der Waals surface area contributed by atoms with E-state index in [9.17, 15) is 4.39 Å². The zero-order valence-electron chi connectivity index (χ0n) is 10.2. The number of hydrogen-bond acceptors (Lipinski definition) is 2. The summed E-state index contributed by atoms with van der Waals surface area (Å²) in [5.41, 5.74) is 1.77. The summed E-state index contributed by atoms with van der Waals surface area (Å²) < 4.78 is 13.8. The van der Waals surface area contributed by atoms with Crippen LogP contribution in [0.3, 0.4) is 0 Å². The number of nitrogens with zero attached hydrogens (tertiary/aromatic N) is 1. The largest absolute Gasteiger partial charge is 0.396 e. The zero-order valence-corrected chi connectivity index (χ0v) is 10.2. The summed E-state index contributed by atoms with van der Waals surface area (Å²) in [6, 6.07) is 5.48. The van der Waals surface area contributed by atoms with E-state index in [1.54, 1.807) is 6.07 Å². The van der Waals surface area contributed by atoms with Gasteiger partial charge in [0.25, 0.3) is 0 Å². The maximum atomic E-state index is 13.8. The molecular formula is C14H20FNO. The molecule has 0 aliphatic carbocycles. The molecule has 3 heteroatoms. The quantitative estimate of drug-likeness (QED) is 0.849. The molecule has 2 rings (SSSR count). The minimum Gasteiger partial charge on any atom is -0.396 e. The molecule has 1 fully saturated rings. The van der Waals surface area contributed by atoms with Crippen molar-refractivity contribution in [3.63, 3.8) is 0 Å². The molecule has 0 saturated carbocycles. The fourth-order valence-electron chi connectivity index (χ4n) is 2.34. The second kappa shape index (κ2) is 6.12. The summed E-state index contributed by atoms with van der Waals surface area (Å²) in [7, 11) is 0. The lowest BCUT2D eigenvalue weighted by Gasteiger charge is -2.15. The van der Waals surface area contributed by atoms with Crippen molar-refractivity contribution in [1.82, 2.24) is 4.90 Å². The summed E-state index contributed by atoms with van der Waals surface area (Å²) in [5.74, 6) is -0.104. The minimum atomic E-state index is -0.104. The van der Waals surface area contributed by atoms with Gasteiger partial charge in [0.1, 0.15) is 5.82 Å². The van der Waals surface area contributed by atoms with Crippen molar-refractivity contribution in [2.45, 2.75) is 32.2 Å². The van der Waals surface area contributed by atoms with Crippen LogP contribution in [-0.2, 0) is 13.0 Å². The molecule has 1 aliphatic heterocycles. The molecule has 94 valence electrons. The lowest BCUT2D eigenvalue weighted by Crippen LogP contribution is -2.19. The van der Waals surface area contributed by atoms with Gasteiger partial charge in [-0.15, -0.1) is 0 Å². The van der Waals surface area contributed by atoms with E-state index < -0.39 is 0 Å². The highest BCUT2D eigenvalue weighted by atomic mass is 19.1. The molecule has 1 aromatic rings. The molecule has 0 spiro atoms. The number of hydrogen-bond donors (Lipinski definition) is 1. The van der Waals surface area contributed by atoms with Gasteiger partial charge in [0.2, 0.25) is 0 Å². The van der Waals surface area contributed by atoms with Gasteiger partial charge in [-0.25, -0.2) is 4.39 Å². The first kappa shape index (κ1) is 12.5. The molecule has 17 heavy (non-hydrogen) atoms. The van der Waals surface area contributed by atoms with Crippen molar-refractivity contribution in [2.75, 3.05) is 19.7 Å². The van der Waals surface area contributed by atoms with Crippen LogP contribution in [0.25, 0.3) is 0 Å². The van der Waals surface area contributed by atoms with Gasteiger partial charge >= 0.3 is 0 Å². The smallest absolute Gasteiger partial charge is 0.127 e. The molecule has 0 bridgehead atoms. The van der Waals surface area contributed by atoms with Crippen molar-refractivity contribution in [2.24, 2.45) is 0 Å². The Kier molecular flexibility index (Phi) is 4.51. The number of halogens is 1. The summed E-state index contributed by atoms with van der Waals surface area (Å²) in [6.45, 7) is 3.07. The molecule has 2 nitrogen and oxygen atoms in total. The standard InChI is InChI=1S/C14H20FNO/c15-14-10-12(4-3-9-17)5-6-13(14)11-16-7-1-2-8-16/h5-6,10,17H,1-4,7-9,11H2. The van der Waals surface area contributed by atoms with Gasteiger partial charge in [-0.3, -0.25) is 4.90 Å². The van der Waals surface area contributed by atoms with Gasteiger partial charge in [0.05, 0.1) is 0 Å². The van der Waals surface area contributed by atoms with E-state index in [1.807, 2.05) is 12.1 Å².